The summed E-state index contributed by atoms with van der Waals surface area (Å²) in [7, 11) is 0. The number of rotatable bonds is 5. The number of aliphatic carboxylic acids is 1. The third-order valence-corrected chi connectivity index (χ3v) is 4.87. The summed E-state index contributed by atoms with van der Waals surface area (Å²) in [6.07, 6.45) is 0.128. The van der Waals surface area contributed by atoms with Crippen LogP contribution >= 0.6 is 11.8 Å². The van der Waals surface area contributed by atoms with Crippen LogP contribution in [-0.2, 0) is 16.1 Å². The maximum atomic E-state index is 12.2. The number of likely N-dealkylation sites (tertiary alicyclic amines) is 1. The third-order valence-electron chi connectivity index (χ3n) is 3.48. The van der Waals surface area contributed by atoms with Crippen molar-refractivity contribution in [2.24, 2.45) is 0 Å². The van der Waals surface area contributed by atoms with Gasteiger partial charge in [0.2, 0.25) is 0 Å². The highest BCUT2D eigenvalue weighted by Crippen LogP contribution is 2.32. The van der Waals surface area contributed by atoms with E-state index in [9.17, 15) is 14.7 Å². The molecule has 1 aliphatic heterocycles. The number of hydrogen-bond acceptors (Lipinski definition) is 4. The van der Waals surface area contributed by atoms with Crippen molar-refractivity contribution in [3.63, 3.8) is 0 Å². The van der Waals surface area contributed by atoms with Crippen molar-refractivity contribution < 1.29 is 19.4 Å². The molecule has 1 amide bonds. The van der Waals surface area contributed by atoms with Gasteiger partial charge in [-0.15, -0.1) is 0 Å². The minimum absolute atomic E-state index is 0.0817. The van der Waals surface area contributed by atoms with E-state index >= 15 is 0 Å². The van der Waals surface area contributed by atoms with Crippen molar-refractivity contribution in [3.05, 3.63) is 35.9 Å². The molecule has 1 aromatic carbocycles. The molecule has 5 nitrogen and oxygen atoms in total. The van der Waals surface area contributed by atoms with Crippen LogP contribution in [0.4, 0.5) is 4.79 Å². The van der Waals surface area contributed by atoms with Gasteiger partial charge in [-0.3, -0.25) is 4.90 Å². The highest BCUT2D eigenvalue weighted by molar-refractivity contribution is 8.00. The van der Waals surface area contributed by atoms with E-state index in [1.165, 1.54) is 4.90 Å². The van der Waals surface area contributed by atoms with Gasteiger partial charge in [-0.05, 0) is 17.2 Å². The second kappa shape index (κ2) is 7.54. The Morgan fingerprint density at radius 3 is 2.64 bits per heavy atom. The number of carbonyl (C=O) groups is 2. The van der Waals surface area contributed by atoms with Gasteiger partial charge in [0.05, 0.1) is 0 Å². The van der Waals surface area contributed by atoms with Crippen molar-refractivity contribution in [3.8, 4) is 0 Å². The molecule has 1 aliphatic rings. The molecule has 0 unspecified atom stereocenters. The monoisotopic (exact) mass is 323 g/mol. The van der Waals surface area contributed by atoms with E-state index in [4.69, 9.17) is 4.74 Å². The van der Waals surface area contributed by atoms with Crippen LogP contribution in [0.25, 0.3) is 0 Å². The van der Waals surface area contributed by atoms with Crippen LogP contribution in [0.3, 0.4) is 0 Å². The maximum absolute atomic E-state index is 12.2. The van der Waals surface area contributed by atoms with Gasteiger partial charge in [0.1, 0.15) is 12.6 Å². The number of nitrogens with zero attached hydrogens (tertiary/aromatic N) is 1. The summed E-state index contributed by atoms with van der Waals surface area (Å²) in [5.41, 5.74) is 0.884. The molecular formula is C16H21NO4S. The minimum Gasteiger partial charge on any atom is -0.480 e. The Labute approximate surface area is 134 Å². The van der Waals surface area contributed by atoms with Crippen molar-refractivity contribution in [1.29, 1.82) is 0 Å². The van der Waals surface area contributed by atoms with Crippen LogP contribution in [0, 0.1) is 0 Å². The topological polar surface area (TPSA) is 66.8 Å². The van der Waals surface area contributed by atoms with Gasteiger partial charge in [-0.25, -0.2) is 9.59 Å². The van der Waals surface area contributed by atoms with E-state index < -0.39 is 18.1 Å². The van der Waals surface area contributed by atoms with Crippen LogP contribution in [0.1, 0.15) is 25.8 Å². The van der Waals surface area contributed by atoms with Gasteiger partial charge >= 0.3 is 12.1 Å². The van der Waals surface area contributed by atoms with E-state index in [2.05, 4.69) is 0 Å². The number of hydrogen-bond donors (Lipinski definition) is 1. The fourth-order valence-corrected chi connectivity index (χ4v) is 3.91. The Hall–Kier alpha value is -1.69. The highest BCUT2D eigenvalue weighted by Gasteiger charge is 2.43. The highest BCUT2D eigenvalue weighted by atomic mass is 32.2. The summed E-state index contributed by atoms with van der Waals surface area (Å²) in [6.45, 7) is 4.64. The minimum atomic E-state index is -0.965. The molecule has 120 valence electrons. The SMILES string of the molecule is CC(C)S[C@H]1CCN(C(=O)OCc2ccccc2)[C@@H]1C(=O)O. The first kappa shape index (κ1) is 16.7. The largest absolute Gasteiger partial charge is 0.480 e. The predicted octanol–water partition coefficient (Wildman–Crippen LogP) is 2.99. The third kappa shape index (κ3) is 4.16. The molecule has 1 heterocycles. The smallest absolute Gasteiger partial charge is 0.410 e. The molecule has 1 N–H and O–H groups in total. The Morgan fingerprint density at radius 2 is 2.05 bits per heavy atom. The maximum Gasteiger partial charge on any atom is 0.410 e. The van der Waals surface area contributed by atoms with E-state index in [0.717, 1.165) is 5.56 Å². The van der Waals surface area contributed by atoms with Crippen molar-refractivity contribution in [2.45, 2.75) is 43.4 Å². The predicted molar refractivity (Wildman–Crippen MR) is 85.9 cm³/mol. The lowest BCUT2D eigenvalue weighted by Gasteiger charge is -2.24. The Morgan fingerprint density at radius 1 is 1.36 bits per heavy atom. The van der Waals surface area contributed by atoms with Gasteiger partial charge in [-0.2, -0.15) is 11.8 Å². The molecule has 0 aromatic heterocycles. The first-order valence-corrected chi connectivity index (χ1v) is 8.29. The van der Waals surface area contributed by atoms with E-state index in [1.54, 1.807) is 11.8 Å². The van der Waals surface area contributed by atoms with Gasteiger partial charge < -0.3 is 9.84 Å². The van der Waals surface area contributed by atoms with E-state index in [1.807, 2.05) is 44.2 Å². The first-order valence-electron chi connectivity index (χ1n) is 7.34. The van der Waals surface area contributed by atoms with Gasteiger partial charge in [0.25, 0.3) is 0 Å². The van der Waals surface area contributed by atoms with Crippen molar-refractivity contribution in [2.75, 3.05) is 6.54 Å². The summed E-state index contributed by atoms with van der Waals surface area (Å²) in [5, 5.41) is 9.68. The standard InChI is InChI=1S/C16H21NO4S/c1-11(2)22-13-8-9-17(14(13)15(18)19)16(20)21-10-12-6-4-3-5-7-12/h3-7,11,13-14H,8-10H2,1-2H3,(H,18,19)/t13-,14-/m0/s1. The first-order chi connectivity index (χ1) is 10.5. The fraction of sp³-hybridized carbons (Fsp3) is 0.500. The molecule has 1 aromatic rings. The summed E-state index contributed by atoms with van der Waals surface area (Å²) < 4.78 is 5.26. The zero-order valence-electron chi connectivity index (χ0n) is 12.8. The van der Waals surface area contributed by atoms with Crippen LogP contribution in [-0.4, -0.2) is 45.2 Å². The van der Waals surface area contributed by atoms with Crippen LogP contribution in [0.15, 0.2) is 30.3 Å². The number of ether oxygens (including phenoxy) is 1. The molecular weight excluding hydrogens is 302 g/mol. The molecule has 0 bridgehead atoms. The number of benzene rings is 1. The number of carboxylic acid groups (broad SMARTS) is 1. The van der Waals surface area contributed by atoms with Crippen LogP contribution in [0.5, 0.6) is 0 Å². The van der Waals surface area contributed by atoms with E-state index in [0.29, 0.717) is 18.2 Å². The van der Waals surface area contributed by atoms with Gasteiger partial charge in [-0.1, -0.05) is 44.2 Å². The molecule has 1 fully saturated rings. The lowest BCUT2D eigenvalue weighted by atomic mass is 10.2. The summed E-state index contributed by atoms with van der Waals surface area (Å²) in [6, 6.07) is 8.55. The molecule has 0 spiro atoms. The second-order valence-corrected chi connectivity index (χ2v) is 7.35. The van der Waals surface area contributed by atoms with Crippen molar-refractivity contribution >= 4 is 23.8 Å². The summed E-state index contributed by atoms with van der Waals surface area (Å²) >= 11 is 1.60. The van der Waals surface area contributed by atoms with E-state index in [-0.39, 0.29) is 11.9 Å². The molecule has 0 radical (unpaired) electrons. The Balaban J connectivity index is 1.97. The number of carboxylic acids is 1. The van der Waals surface area contributed by atoms with Crippen LogP contribution < -0.4 is 0 Å². The molecule has 2 atom stereocenters. The lowest BCUT2D eigenvalue weighted by Crippen LogP contribution is -2.44. The average molecular weight is 323 g/mol. The lowest BCUT2D eigenvalue weighted by molar-refractivity contribution is -0.141. The molecule has 0 aliphatic carbocycles. The number of thioether (sulfide) groups is 1. The van der Waals surface area contributed by atoms with Crippen molar-refractivity contribution in [1.82, 2.24) is 4.90 Å². The second-order valence-electron chi connectivity index (χ2n) is 5.53. The molecule has 22 heavy (non-hydrogen) atoms. The van der Waals surface area contributed by atoms with Crippen LogP contribution in [0.2, 0.25) is 0 Å². The van der Waals surface area contributed by atoms with Gasteiger partial charge in [0.15, 0.2) is 0 Å². The van der Waals surface area contributed by atoms with Gasteiger partial charge in [0, 0.05) is 11.8 Å². The summed E-state index contributed by atoms with van der Waals surface area (Å²) in [5.74, 6) is -0.965. The zero-order valence-corrected chi connectivity index (χ0v) is 13.6. The fourth-order valence-electron chi connectivity index (χ4n) is 2.56. The normalized spacial score (nSPS) is 21.1. The molecule has 6 heteroatoms. The zero-order chi connectivity index (χ0) is 16.1. The number of carbonyl (C=O) groups excluding carboxylic acids is 1. The molecule has 0 saturated carbocycles. The average Bonchev–Trinajstić information content (AvgIpc) is 2.89. The quantitative estimate of drug-likeness (QED) is 0.902. The number of amides is 1. The Kier molecular flexibility index (Phi) is 5.71. The Bertz CT molecular complexity index is 520. The molecule has 2 rings (SSSR count). The summed E-state index contributed by atoms with van der Waals surface area (Å²) in [4.78, 5) is 25.1. The molecule has 1 saturated heterocycles.